The van der Waals surface area contributed by atoms with Gasteiger partial charge in [0, 0.05) is 30.9 Å². The number of benzene rings is 6. The summed E-state index contributed by atoms with van der Waals surface area (Å²) in [5, 5.41) is 10.2. The van der Waals surface area contributed by atoms with Gasteiger partial charge in [-0.25, -0.2) is 0 Å². The van der Waals surface area contributed by atoms with Gasteiger partial charge in [-0.1, -0.05) is 114 Å². The van der Waals surface area contributed by atoms with Crippen LogP contribution in [-0.2, 0) is 45.8 Å². The first kappa shape index (κ1) is 33.5. The van der Waals surface area contributed by atoms with E-state index in [0.717, 1.165) is 93.3 Å². The predicted octanol–water partition coefficient (Wildman–Crippen LogP) is 13.6. The first-order chi connectivity index (χ1) is 34.5. The molecule has 0 aliphatic heterocycles. The SMILES string of the molecule is [2H]C([2H])([2H])c1cc(C#N)cc(-c2cc(-c3cc(C([2H])([2H])[2H])c(C([2H])([2H])[2H])cn3)[c-]cc2-c2ccccc2-c2cc(CCc3c[c-]c(-c4ccccn4)cc3)cc(CCc3c[c-]c(-c4ccccn4)cc3)c2)c1.[Ir+3]. The summed E-state index contributed by atoms with van der Waals surface area (Å²) in [6.45, 7) is -8.04. The molecule has 0 N–H and O–H groups in total. The van der Waals surface area contributed by atoms with Crippen LogP contribution in [-0.4, -0.2) is 15.0 Å². The van der Waals surface area contributed by atoms with E-state index in [1.165, 1.54) is 18.2 Å². The van der Waals surface area contributed by atoms with Gasteiger partial charge in [0.05, 0.1) is 11.6 Å². The summed E-state index contributed by atoms with van der Waals surface area (Å²) >= 11 is 0. The van der Waals surface area contributed by atoms with Gasteiger partial charge < -0.3 is 15.0 Å². The van der Waals surface area contributed by atoms with E-state index in [0.29, 0.717) is 22.3 Å². The van der Waals surface area contributed by atoms with Gasteiger partial charge >= 0.3 is 20.1 Å². The molecule has 0 atom stereocenters. The van der Waals surface area contributed by atoms with Crippen molar-refractivity contribution in [3.63, 3.8) is 0 Å². The Morgan fingerprint density at radius 1 is 0.484 bits per heavy atom. The summed E-state index contributed by atoms with van der Waals surface area (Å²) in [6, 6.07) is 60.1. The van der Waals surface area contributed by atoms with Crippen LogP contribution in [0.4, 0.5) is 0 Å². The molecule has 4 nitrogen and oxygen atoms in total. The van der Waals surface area contributed by atoms with Crippen LogP contribution in [0, 0.1) is 50.1 Å². The maximum Gasteiger partial charge on any atom is 3.00 e. The van der Waals surface area contributed by atoms with E-state index >= 15 is 0 Å². The zero-order valence-electron chi connectivity index (χ0n) is 43.6. The maximum absolute atomic E-state index is 10.2. The van der Waals surface area contributed by atoms with E-state index in [4.69, 9.17) is 12.3 Å². The van der Waals surface area contributed by atoms with Crippen LogP contribution < -0.4 is 0 Å². The van der Waals surface area contributed by atoms with Crippen molar-refractivity contribution >= 4 is 0 Å². The monoisotopic (exact) mass is 1010 g/mol. The Bertz CT molecular complexity index is 3320. The summed E-state index contributed by atoms with van der Waals surface area (Å²) in [5.74, 6) is 0. The standard InChI is InChI=1S/C59H45N4.Ir/c1-40-30-47(38-60)36-51(31-40)56-37-50(59-32-41(2)42(3)39-63-59)26-27-55(56)54-11-5-4-10-53(54)52-34-45(16-14-43-18-22-48(23-19-43)57-12-6-8-28-61-57)33-46(35-52)17-15-44-20-24-49(25-21-44)58-13-7-9-29-62-58;/h4-13,18-22,24,27-37,39H,14-17H2,1-3H3;/q-3;+3/i1D3,2D3,3D3;. The first-order valence-corrected chi connectivity index (χ1v) is 20.7. The van der Waals surface area contributed by atoms with Gasteiger partial charge in [-0.3, -0.25) is 0 Å². The molecular weight excluding hydrogens is 957 g/mol. The Kier molecular flexibility index (Phi) is 10.4. The molecule has 0 saturated heterocycles. The Hall–Kier alpha value is -7.09. The number of rotatable bonds is 12. The molecule has 64 heavy (non-hydrogen) atoms. The van der Waals surface area contributed by atoms with Crippen LogP contribution in [0.1, 0.15) is 56.8 Å². The van der Waals surface area contributed by atoms with Crippen molar-refractivity contribution in [1.82, 2.24) is 15.0 Å². The molecule has 0 fully saturated rings. The quantitative estimate of drug-likeness (QED) is 0.114. The smallest absolute Gasteiger partial charge is 0.305 e. The summed E-state index contributed by atoms with van der Waals surface area (Å²) in [4.78, 5) is 13.4. The molecule has 6 aromatic carbocycles. The summed E-state index contributed by atoms with van der Waals surface area (Å²) < 4.78 is 73.6. The van der Waals surface area contributed by atoms with E-state index in [1.807, 2.05) is 84.9 Å². The van der Waals surface area contributed by atoms with E-state index < -0.39 is 20.6 Å². The molecule has 0 aliphatic carbocycles. The first-order valence-electron chi connectivity index (χ1n) is 25.2. The largest absolute Gasteiger partial charge is 3.00 e. The fraction of sp³-hybridized carbons (Fsp3) is 0.119. The van der Waals surface area contributed by atoms with Gasteiger partial charge in [-0.15, -0.1) is 94.5 Å². The minimum atomic E-state index is -2.77. The maximum atomic E-state index is 10.2. The Labute approximate surface area is 403 Å². The van der Waals surface area contributed by atoms with Gasteiger partial charge in [0.15, 0.2) is 0 Å². The fourth-order valence-electron chi connectivity index (χ4n) is 7.89. The minimum absolute atomic E-state index is 0. The molecule has 5 heteroatoms. The summed E-state index contributed by atoms with van der Waals surface area (Å²) in [6.07, 6.45) is 7.62. The van der Waals surface area contributed by atoms with Crippen molar-refractivity contribution in [2.45, 2.75) is 46.2 Å². The Balaban J connectivity index is 0.00000711. The van der Waals surface area contributed by atoms with Crippen LogP contribution in [0.15, 0.2) is 170 Å². The van der Waals surface area contributed by atoms with Gasteiger partial charge in [-0.05, 0) is 114 Å². The van der Waals surface area contributed by atoms with Crippen LogP contribution in [0.3, 0.4) is 0 Å². The number of nitriles is 1. The summed E-state index contributed by atoms with van der Waals surface area (Å²) in [7, 11) is 0. The third kappa shape index (κ3) is 10.1. The molecule has 3 heterocycles. The average Bonchev–Trinajstić information content (AvgIpc) is 3.39. The van der Waals surface area contributed by atoms with E-state index in [1.54, 1.807) is 30.6 Å². The molecule has 0 bridgehead atoms. The molecule has 0 amide bonds. The topological polar surface area (TPSA) is 62.5 Å². The van der Waals surface area contributed by atoms with Crippen LogP contribution in [0.2, 0.25) is 0 Å². The molecule has 310 valence electrons. The van der Waals surface area contributed by atoms with E-state index in [9.17, 15) is 5.26 Å². The molecule has 0 saturated carbocycles. The number of hydrogen-bond acceptors (Lipinski definition) is 4. The second kappa shape index (κ2) is 20.0. The summed E-state index contributed by atoms with van der Waals surface area (Å²) in [5.41, 5.74) is 12.2. The number of aromatic nitrogens is 3. The normalized spacial score (nSPS) is 13.5. The van der Waals surface area contributed by atoms with Crippen molar-refractivity contribution in [3.05, 3.63) is 233 Å². The zero-order chi connectivity index (χ0) is 50.6. The third-order valence-electron chi connectivity index (χ3n) is 11.1. The Morgan fingerprint density at radius 2 is 1.09 bits per heavy atom. The molecule has 9 rings (SSSR count). The van der Waals surface area contributed by atoms with Crippen LogP contribution >= 0.6 is 0 Å². The molecule has 0 radical (unpaired) electrons. The predicted molar refractivity (Wildman–Crippen MR) is 256 cm³/mol. The van der Waals surface area contributed by atoms with Crippen molar-refractivity contribution in [1.29, 1.82) is 5.26 Å². The van der Waals surface area contributed by atoms with E-state index in [-0.39, 0.29) is 48.1 Å². The van der Waals surface area contributed by atoms with Crippen LogP contribution in [0.25, 0.3) is 67.2 Å². The molecule has 0 unspecified atom stereocenters. The minimum Gasteiger partial charge on any atom is -0.305 e. The fourth-order valence-corrected chi connectivity index (χ4v) is 7.89. The average molecular weight is 1010 g/mol. The van der Waals surface area contributed by atoms with Gasteiger partial charge in [0.25, 0.3) is 0 Å². The van der Waals surface area contributed by atoms with Crippen molar-refractivity contribution in [2.75, 3.05) is 0 Å². The van der Waals surface area contributed by atoms with Gasteiger partial charge in [-0.2, -0.15) is 5.26 Å². The molecule has 0 spiro atoms. The number of nitrogens with zero attached hydrogens (tertiary/aromatic N) is 4. The molecule has 3 aromatic heterocycles. The van der Waals surface area contributed by atoms with Crippen LogP contribution in [0.5, 0.6) is 0 Å². The number of aryl methyl sites for hydroxylation is 7. The van der Waals surface area contributed by atoms with Gasteiger partial charge in [0.1, 0.15) is 0 Å². The Morgan fingerprint density at radius 3 is 1.67 bits per heavy atom. The zero-order valence-corrected chi connectivity index (χ0v) is 37.0. The number of hydrogen-bond donors (Lipinski definition) is 0. The van der Waals surface area contributed by atoms with Gasteiger partial charge in [0.2, 0.25) is 0 Å². The second-order valence-corrected chi connectivity index (χ2v) is 15.4. The van der Waals surface area contributed by atoms with Crippen molar-refractivity contribution in [3.8, 4) is 73.2 Å². The number of pyridine rings is 3. The van der Waals surface area contributed by atoms with Crippen molar-refractivity contribution in [2.24, 2.45) is 0 Å². The van der Waals surface area contributed by atoms with E-state index in [2.05, 4.69) is 69.6 Å². The molecule has 9 aromatic rings. The third-order valence-corrected chi connectivity index (χ3v) is 11.1. The molecular formula is C59H45IrN4. The molecule has 0 aliphatic rings. The van der Waals surface area contributed by atoms with Crippen molar-refractivity contribution < 1.29 is 32.4 Å². The second-order valence-electron chi connectivity index (χ2n) is 15.4.